The number of hydrogen-bond acceptors (Lipinski definition) is 9. The molecule has 3 N–H and O–H groups in total. The van der Waals surface area contributed by atoms with Gasteiger partial charge in [-0.3, -0.25) is 9.59 Å². The van der Waals surface area contributed by atoms with Crippen LogP contribution in [0.5, 0.6) is 5.75 Å². The van der Waals surface area contributed by atoms with Gasteiger partial charge in [-0.05, 0) is 44.9 Å². The zero-order valence-corrected chi connectivity index (χ0v) is 21.8. The van der Waals surface area contributed by atoms with E-state index < -0.39 is 11.9 Å². The fraction of sp³-hybridized carbons (Fsp3) is 0.348. The molecule has 3 rings (SSSR count). The van der Waals surface area contributed by atoms with Gasteiger partial charge in [-0.25, -0.2) is 4.79 Å². The zero-order chi connectivity index (χ0) is 25.7. The maximum Gasteiger partial charge on any atom is 0.341 e. The number of aromatic nitrogens is 3. The largest absolute Gasteiger partial charge is 0.485 e. The summed E-state index contributed by atoms with van der Waals surface area (Å²) in [5.41, 5.74) is 8.07. The minimum Gasteiger partial charge on any atom is -0.485 e. The molecule has 0 saturated carbocycles. The van der Waals surface area contributed by atoms with Crippen LogP contribution in [0, 0.1) is 20.8 Å². The van der Waals surface area contributed by atoms with E-state index in [-0.39, 0.29) is 33.7 Å². The normalized spacial score (nSPS) is 10.8. The van der Waals surface area contributed by atoms with E-state index in [4.69, 9.17) is 15.2 Å². The van der Waals surface area contributed by atoms with Gasteiger partial charge >= 0.3 is 5.97 Å². The Labute approximate surface area is 211 Å². The molecule has 12 heteroatoms. The minimum atomic E-state index is -0.681. The van der Waals surface area contributed by atoms with E-state index >= 15 is 0 Å². The van der Waals surface area contributed by atoms with Crippen molar-refractivity contribution in [2.24, 2.45) is 5.73 Å². The molecule has 186 valence electrons. The van der Waals surface area contributed by atoms with Gasteiger partial charge in [0.1, 0.15) is 17.4 Å². The summed E-state index contributed by atoms with van der Waals surface area (Å²) in [6, 6.07) is 5.96. The number of thiophene rings is 1. The lowest BCUT2D eigenvalue weighted by atomic mass is 10.1. The summed E-state index contributed by atoms with van der Waals surface area (Å²) in [6.07, 6.45) is 0. The van der Waals surface area contributed by atoms with Crippen molar-refractivity contribution < 1.29 is 23.9 Å². The third kappa shape index (κ3) is 6.01. The summed E-state index contributed by atoms with van der Waals surface area (Å²) in [5.74, 6) is -0.288. The number of esters is 1. The molecule has 0 bridgehead atoms. The maximum atomic E-state index is 12.6. The quantitative estimate of drug-likeness (QED) is 0.308. The minimum absolute atomic E-state index is 0.0134. The molecule has 0 fully saturated rings. The molecule has 0 saturated heterocycles. The second kappa shape index (κ2) is 11.4. The van der Waals surface area contributed by atoms with Crippen LogP contribution in [0.2, 0.25) is 0 Å². The molecule has 0 radical (unpaired) electrons. The first-order valence-corrected chi connectivity index (χ1v) is 12.5. The van der Waals surface area contributed by atoms with Crippen LogP contribution in [-0.4, -0.2) is 45.4 Å². The maximum absolute atomic E-state index is 12.6. The Hall–Kier alpha value is -3.38. The van der Waals surface area contributed by atoms with Crippen LogP contribution in [0.1, 0.15) is 49.5 Å². The number of nitrogens with zero attached hydrogens (tertiary/aromatic N) is 3. The molecule has 0 aliphatic carbocycles. The number of amides is 2. The summed E-state index contributed by atoms with van der Waals surface area (Å²) < 4.78 is 12.6. The Bertz CT molecular complexity index is 1270. The second-order valence-electron chi connectivity index (χ2n) is 7.65. The van der Waals surface area contributed by atoms with Crippen molar-refractivity contribution in [3.8, 4) is 5.75 Å². The van der Waals surface area contributed by atoms with Crippen LogP contribution in [0.4, 0.5) is 5.00 Å². The molecular weight excluding hydrogens is 490 g/mol. The van der Waals surface area contributed by atoms with Crippen LogP contribution in [0.25, 0.3) is 0 Å². The van der Waals surface area contributed by atoms with Gasteiger partial charge in [-0.1, -0.05) is 29.5 Å². The van der Waals surface area contributed by atoms with Crippen LogP contribution in [0.15, 0.2) is 23.4 Å². The highest BCUT2D eigenvalue weighted by Gasteiger charge is 2.25. The van der Waals surface area contributed by atoms with E-state index in [2.05, 4.69) is 15.5 Å². The topological polar surface area (TPSA) is 138 Å². The van der Waals surface area contributed by atoms with Crippen molar-refractivity contribution in [2.45, 2.75) is 46.0 Å². The molecule has 35 heavy (non-hydrogen) atoms. The van der Waals surface area contributed by atoms with Gasteiger partial charge in [-0.15, -0.1) is 21.5 Å². The molecule has 3 aromatic rings. The Balaban J connectivity index is 1.67. The number of hydrogen-bond donors (Lipinski definition) is 2. The summed E-state index contributed by atoms with van der Waals surface area (Å²) in [4.78, 5) is 36.7. The smallest absolute Gasteiger partial charge is 0.341 e. The zero-order valence-electron chi connectivity index (χ0n) is 20.1. The predicted molar refractivity (Wildman–Crippen MR) is 134 cm³/mol. The number of primary amides is 1. The Morgan fingerprint density at radius 3 is 2.57 bits per heavy atom. The van der Waals surface area contributed by atoms with Gasteiger partial charge in [0.15, 0.2) is 11.0 Å². The van der Waals surface area contributed by atoms with Crippen molar-refractivity contribution in [1.29, 1.82) is 0 Å². The van der Waals surface area contributed by atoms with Crippen molar-refractivity contribution in [2.75, 3.05) is 18.2 Å². The summed E-state index contributed by atoms with van der Waals surface area (Å²) in [7, 11) is 1.23. The molecule has 2 aromatic heterocycles. The van der Waals surface area contributed by atoms with Crippen LogP contribution in [-0.2, 0) is 22.7 Å². The number of nitrogens with two attached hydrogens (primary N) is 1. The summed E-state index contributed by atoms with van der Waals surface area (Å²) >= 11 is 2.14. The van der Waals surface area contributed by atoms with Crippen LogP contribution < -0.4 is 15.8 Å². The summed E-state index contributed by atoms with van der Waals surface area (Å²) in [6.45, 7) is 8.39. The molecular formula is C23H27N5O5S2. The first kappa shape index (κ1) is 26.2. The molecule has 10 nitrogen and oxygen atoms in total. The highest BCUT2D eigenvalue weighted by Crippen LogP contribution is 2.33. The van der Waals surface area contributed by atoms with Crippen molar-refractivity contribution in [3.63, 3.8) is 0 Å². The lowest BCUT2D eigenvalue weighted by molar-refractivity contribution is -0.113. The number of thioether (sulfide) groups is 1. The number of carbonyl (C=O) groups excluding carboxylic acids is 3. The molecule has 0 aliphatic heterocycles. The van der Waals surface area contributed by atoms with Gasteiger partial charge in [0, 0.05) is 6.54 Å². The fourth-order valence-electron chi connectivity index (χ4n) is 3.43. The Morgan fingerprint density at radius 2 is 1.94 bits per heavy atom. The van der Waals surface area contributed by atoms with Crippen molar-refractivity contribution in [1.82, 2.24) is 14.8 Å². The average Bonchev–Trinajstić information content (AvgIpc) is 3.36. The highest BCUT2D eigenvalue weighted by molar-refractivity contribution is 7.99. The predicted octanol–water partition coefficient (Wildman–Crippen LogP) is 3.48. The number of ether oxygens (including phenoxy) is 2. The first-order chi connectivity index (χ1) is 16.7. The third-order valence-corrected chi connectivity index (χ3v) is 7.33. The van der Waals surface area contributed by atoms with Crippen LogP contribution >= 0.6 is 23.1 Å². The lowest BCUT2D eigenvalue weighted by Gasteiger charge is -2.11. The SMILES string of the molecule is CCn1c(COc2ccc(C)cc2C)nnc1SCC(=O)Nc1sc(C(N)=O)c(C)c1C(=O)OC. The third-order valence-electron chi connectivity index (χ3n) is 5.14. The second-order valence-corrected chi connectivity index (χ2v) is 9.62. The van der Waals surface area contributed by atoms with Gasteiger partial charge in [0.2, 0.25) is 5.91 Å². The van der Waals surface area contributed by atoms with E-state index in [1.54, 1.807) is 6.92 Å². The summed E-state index contributed by atoms with van der Waals surface area (Å²) in [5, 5.41) is 11.9. The highest BCUT2D eigenvalue weighted by atomic mass is 32.2. The number of anilines is 1. The molecule has 2 heterocycles. The number of rotatable bonds is 10. The molecule has 1 aromatic carbocycles. The Morgan fingerprint density at radius 1 is 1.20 bits per heavy atom. The van der Waals surface area contributed by atoms with Crippen LogP contribution in [0.3, 0.4) is 0 Å². The number of carbonyl (C=O) groups is 3. The Kier molecular flexibility index (Phi) is 8.52. The number of benzene rings is 1. The standard InChI is InChI=1S/C23H27N5O5S2/c1-6-28-16(10-33-15-8-7-12(2)9-13(15)3)26-27-23(28)34-11-17(29)25-21-18(22(31)32-5)14(4)19(35-21)20(24)30/h7-9H,6,10-11H2,1-5H3,(H2,24,30)(H,25,29). The molecule has 0 aliphatic rings. The van der Waals surface area contributed by atoms with Gasteiger partial charge in [0.05, 0.1) is 23.3 Å². The average molecular weight is 518 g/mol. The number of methoxy groups -OCH3 is 1. The lowest BCUT2D eigenvalue weighted by Crippen LogP contribution is -2.16. The van der Waals surface area contributed by atoms with E-state index in [0.717, 1.165) is 28.2 Å². The number of aryl methyl sites for hydroxylation is 2. The van der Waals surface area contributed by atoms with Gasteiger partial charge in [-0.2, -0.15) is 0 Å². The van der Waals surface area contributed by atoms with Gasteiger partial charge < -0.3 is 25.1 Å². The first-order valence-electron chi connectivity index (χ1n) is 10.7. The molecule has 0 spiro atoms. The molecule has 0 atom stereocenters. The molecule has 2 amide bonds. The van der Waals surface area contributed by atoms with Crippen molar-refractivity contribution >= 4 is 45.9 Å². The van der Waals surface area contributed by atoms with Gasteiger partial charge in [0.25, 0.3) is 5.91 Å². The van der Waals surface area contributed by atoms with Crippen molar-refractivity contribution in [3.05, 3.63) is 51.2 Å². The monoisotopic (exact) mass is 517 g/mol. The van der Waals surface area contributed by atoms with E-state index in [9.17, 15) is 14.4 Å². The van der Waals surface area contributed by atoms with E-state index in [1.807, 2.05) is 43.5 Å². The molecule has 0 unspecified atom stereocenters. The fourth-order valence-corrected chi connectivity index (χ4v) is 5.32. The van der Waals surface area contributed by atoms with E-state index in [1.165, 1.54) is 18.9 Å². The van der Waals surface area contributed by atoms with E-state index in [0.29, 0.717) is 23.1 Å². The number of nitrogens with one attached hydrogen (secondary N) is 1.